The summed E-state index contributed by atoms with van der Waals surface area (Å²) in [4.78, 5) is 32.8. The number of rotatable bonds is 3. The summed E-state index contributed by atoms with van der Waals surface area (Å²) >= 11 is 0. The minimum absolute atomic E-state index is 0.137. The maximum atomic E-state index is 13.3. The molecule has 6 heteroatoms. The van der Waals surface area contributed by atoms with Crippen LogP contribution in [0.3, 0.4) is 0 Å². The second-order valence-electron chi connectivity index (χ2n) is 7.41. The van der Waals surface area contributed by atoms with E-state index in [1.165, 1.54) is 0 Å². The van der Waals surface area contributed by atoms with Crippen LogP contribution in [0.15, 0.2) is 23.1 Å². The number of methoxy groups -OCH3 is 1. The summed E-state index contributed by atoms with van der Waals surface area (Å²) in [7, 11) is 1.74. The van der Waals surface area contributed by atoms with E-state index >= 15 is 0 Å². The van der Waals surface area contributed by atoms with Crippen molar-refractivity contribution in [3.63, 3.8) is 0 Å². The topological polar surface area (TPSA) is 64.4 Å². The monoisotopic (exact) mass is 355 g/mol. The fraction of sp³-hybridized carbons (Fsp3) is 0.550. The van der Waals surface area contributed by atoms with Gasteiger partial charge in [0.05, 0.1) is 11.5 Å². The van der Waals surface area contributed by atoms with E-state index in [1.807, 2.05) is 29.4 Å². The molecule has 0 N–H and O–H groups in total. The van der Waals surface area contributed by atoms with Crippen LogP contribution in [0.2, 0.25) is 0 Å². The molecule has 2 atom stereocenters. The van der Waals surface area contributed by atoms with E-state index in [1.54, 1.807) is 19.4 Å². The van der Waals surface area contributed by atoms with Crippen LogP contribution in [0.4, 0.5) is 0 Å². The number of hydrogen-bond donors (Lipinski definition) is 0. The van der Waals surface area contributed by atoms with E-state index in [9.17, 15) is 9.59 Å². The van der Waals surface area contributed by atoms with Crippen LogP contribution in [0.1, 0.15) is 48.7 Å². The van der Waals surface area contributed by atoms with Gasteiger partial charge in [0.1, 0.15) is 11.2 Å². The van der Waals surface area contributed by atoms with Crippen LogP contribution in [0.5, 0.6) is 0 Å². The van der Waals surface area contributed by atoms with E-state index in [-0.39, 0.29) is 35.1 Å². The van der Waals surface area contributed by atoms with Gasteiger partial charge in [0.15, 0.2) is 0 Å². The fourth-order valence-electron chi connectivity index (χ4n) is 4.54. The predicted octanol–water partition coefficient (Wildman–Crippen LogP) is 2.51. The van der Waals surface area contributed by atoms with Crippen LogP contribution in [0, 0.1) is 6.92 Å². The number of carbonyl (C=O) groups excluding carboxylic acids is 1. The molecule has 2 saturated heterocycles. The Labute approximate surface area is 152 Å². The van der Waals surface area contributed by atoms with Gasteiger partial charge >= 0.3 is 0 Å². The summed E-state index contributed by atoms with van der Waals surface area (Å²) in [6, 6.07) is 3.96. The minimum Gasteiger partial charge on any atom is -0.381 e. The second kappa shape index (κ2) is 6.50. The van der Waals surface area contributed by atoms with Gasteiger partial charge in [0.2, 0.25) is 5.43 Å². The smallest absolute Gasteiger partial charge is 0.259 e. The molecule has 0 saturated carbocycles. The zero-order valence-corrected chi connectivity index (χ0v) is 15.6. The summed E-state index contributed by atoms with van der Waals surface area (Å²) in [5, 5.41) is 0.516. The molecule has 4 heterocycles. The van der Waals surface area contributed by atoms with Crippen molar-refractivity contribution in [1.29, 1.82) is 0 Å². The Morgan fingerprint density at radius 3 is 2.58 bits per heavy atom. The SMILES string of the molecule is CCn1cc(C(=O)N2C3CCC2CC(OC)C3)c(=O)c2ccc(C)nc21. The summed E-state index contributed by atoms with van der Waals surface area (Å²) in [5.74, 6) is -0.137. The van der Waals surface area contributed by atoms with Crippen molar-refractivity contribution in [2.24, 2.45) is 0 Å². The molecule has 138 valence electrons. The van der Waals surface area contributed by atoms with E-state index in [0.717, 1.165) is 31.4 Å². The predicted molar refractivity (Wildman–Crippen MR) is 99.4 cm³/mol. The van der Waals surface area contributed by atoms with E-state index < -0.39 is 0 Å². The fourth-order valence-corrected chi connectivity index (χ4v) is 4.54. The van der Waals surface area contributed by atoms with Gasteiger partial charge in [-0.3, -0.25) is 9.59 Å². The van der Waals surface area contributed by atoms with Gasteiger partial charge < -0.3 is 14.2 Å². The molecule has 2 unspecified atom stereocenters. The molecular weight excluding hydrogens is 330 g/mol. The third-order valence-electron chi connectivity index (χ3n) is 5.89. The van der Waals surface area contributed by atoms with E-state index in [4.69, 9.17) is 4.74 Å². The molecule has 0 aliphatic carbocycles. The number of ether oxygens (including phenoxy) is 1. The molecular formula is C20H25N3O3. The summed E-state index contributed by atoms with van der Waals surface area (Å²) in [6.45, 7) is 4.56. The number of carbonyl (C=O) groups is 1. The van der Waals surface area contributed by atoms with Crippen LogP contribution in [-0.4, -0.2) is 45.7 Å². The zero-order valence-electron chi connectivity index (χ0n) is 15.6. The number of aromatic nitrogens is 2. The van der Waals surface area contributed by atoms with Crippen molar-refractivity contribution < 1.29 is 9.53 Å². The third kappa shape index (κ3) is 2.63. The molecule has 2 aromatic heterocycles. The molecule has 2 fully saturated rings. The lowest BCUT2D eigenvalue weighted by Gasteiger charge is -2.38. The first kappa shape index (κ1) is 17.2. The molecule has 0 spiro atoms. The number of hydrogen-bond acceptors (Lipinski definition) is 4. The highest BCUT2D eigenvalue weighted by Crippen LogP contribution is 2.37. The van der Waals surface area contributed by atoms with E-state index in [0.29, 0.717) is 17.6 Å². The number of fused-ring (bicyclic) bond motifs is 3. The molecule has 4 rings (SSSR count). The number of nitrogens with zero attached hydrogens (tertiary/aromatic N) is 3. The van der Waals surface area contributed by atoms with Gasteiger partial charge in [-0.15, -0.1) is 0 Å². The van der Waals surface area contributed by atoms with Gasteiger partial charge in [-0.05, 0) is 51.7 Å². The Morgan fingerprint density at radius 2 is 1.96 bits per heavy atom. The average molecular weight is 355 g/mol. The van der Waals surface area contributed by atoms with Gasteiger partial charge in [-0.1, -0.05) is 0 Å². The summed E-state index contributed by atoms with van der Waals surface area (Å²) in [5.41, 5.74) is 1.56. The first-order chi connectivity index (χ1) is 12.5. The third-order valence-corrected chi connectivity index (χ3v) is 5.89. The Kier molecular flexibility index (Phi) is 4.31. The standard InChI is InChI=1S/C20H25N3O3/c1-4-22-11-17(18(24)16-8-5-12(2)21-19(16)22)20(25)23-13-6-7-14(23)10-15(9-13)26-3/h5,8,11,13-15H,4,6-7,9-10H2,1-3H3. The van der Waals surface area contributed by atoms with Gasteiger partial charge in [0.25, 0.3) is 5.91 Å². The molecule has 0 radical (unpaired) electrons. The van der Waals surface area contributed by atoms with Gasteiger partial charge in [-0.2, -0.15) is 0 Å². The highest BCUT2D eigenvalue weighted by atomic mass is 16.5. The molecule has 2 aliphatic rings. The quantitative estimate of drug-likeness (QED) is 0.849. The van der Waals surface area contributed by atoms with Gasteiger partial charge in [-0.25, -0.2) is 4.98 Å². The number of pyridine rings is 2. The van der Waals surface area contributed by atoms with Crippen LogP contribution in [0.25, 0.3) is 11.0 Å². The van der Waals surface area contributed by atoms with Crippen molar-refractivity contribution in [2.75, 3.05) is 7.11 Å². The lowest BCUT2D eigenvalue weighted by molar-refractivity contribution is 0.00814. The molecule has 26 heavy (non-hydrogen) atoms. The molecule has 2 aliphatic heterocycles. The van der Waals surface area contributed by atoms with Gasteiger partial charge in [0, 0.05) is 37.6 Å². The second-order valence-corrected chi connectivity index (χ2v) is 7.41. The highest BCUT2D eigenvalue weighted by Gasteiger charge is 2.44. The molecule has 2 aromatic rings. The van der Waals surface area contributed by atoms with Crippen LogP contribution in [-0.2, 0) is 11.3 Å². The maximum Gasteiger partial charge on any atom is 0.259 e. The average Bonchev–Trinajstić information content (AvgIpc) is 2.91. The lowest BCUT2D eigenvalue weighted by Crippen LogP contribution is -2.49. The normalized spacial score (nSPS) is 25.0. The number of aryl methyl sites for hydroxylation is 2. The first-order valence-corrected chi connectivity index (χ1v) is 9.39. The zero-order chi connectivity index (χ0) is 18.4. The summed E-state index contributed by atoms with van der Waals surface area (Å²) < 4.78 is 7.43. The molecule has 2 bridgehead atoms. The lowest BCUT2D eigenvalue weighted by atomic mass is 9.98. The molecule has 6 nitrogen and oxygen atoms in total. The van der Waals surface area contributed by atoms with Crippen LogP contribution >= 0.6 is 0 Å². The van der Waals surface area contributed by atoms with Crippen molar-refractivity contribution in [3.8, 4) is 0 Å². The highest BCUT2D eigenvalue weighted by molar-refractivity contribution is 5.97. The summed E-state index contributed by atoms with van der Waals surface area (Å²) in [6.07, 6.45) is 5.61. The van der Waals surface area contributed by atoms with Crippen LogP contribution < -0.4 is 5.43 Å². The van der Waals surface area contributed by atoms with Crippen molar-refractivity contribution in [1.82, 2.24) is 14.5 Å². The Bertz CT molecular complexity index is 906. The Balaban J connectivity index is 1.78. The number of amides is 1. The Morgan fingerprint density at radius 1 is 1.27 bits per heavy atom. The maximum absolute atomic E-state index is 13.3. The first-order valence-electron chi connectivity index (χ1n) is 9.39. The largest absolute Gasteiger partial charge is 0.381 e. The van der Waals surface area contributed by atoms with Crippen molar-refractivity contribution >= 4 is 16.9 Å². The minimum atomic E-state index is -0.213. The van der Waals surface area contributed by atoms with E-state index in [2.05, 4.69) is 4.98 Å². The molecule has 0 aromatic carbocycles. The number of piperidine rings is 1. The van der Waals surface area contributed by atoms with Crippen molar-refractivity contribution in [3.05, 3.63) is 39.8 Å². The molecule has 1 amide bonds. The Hall–Kier alpha value is -2.21. The van der Waals surface area contributed by atoms with Crippen molar-refractivity contribution in [2.45, 2.75) is 64.3 Å².